The van der Waals surface area contributed by atoms with Gasteiger partial charge in [-0.15, -0.1) is 0 Å². The summed E-state index contributed by atoms with van der Waals surface area (Å²) in [7, 11) is 1.20. The molecule has 4 nitrogen and oxygen atoms in total. The van der Waals surface area contributed by atoms with E-state index in [4.69, 9.17) is 4.74 Å². The summed E-state index contributed by atoms with van der Waals surface area (Å²) in [6, 6.07) is 9.03. The summed E-state index contributed by atoms with van der Waals surface area (Å²) in [5.41, 5.74) is 0.477. The van der Waals surface area contributed by atoms with Gasteiger partial charge in [0.15, 0.2) is 0 Å². The molecule has 2 aromatic carbocycles. The number of carbonyl (C=O) groups excluding carboxylic acids is 2. The number of rotatable bonds is 5. The first-order chi connectivity index (χ1) is 11.4. The second-order valence-corrected chi connectivity index (χ2v) is 6.25. The van der Waals surface area contributed by atoms with Crippen LogP contribution in [-0.2, 0) is 16.0 Å². The average Bonchev–Trinajstić information content (AvgIpc) is 2.53. The number of amides is 1. The zero-order valence-corrected chi connectivity index (χ0v) is 14.8. The Kier molecular flexibility index (Phi) is 6.24. The molecule has 0 radical (unpaired) electrons. The van der Waals surface area contributed by atoms with E-state index in [1.165, 1.54) is 7.11 Å². The lowest BCUT2D eigenvalue weighted by atomic mass is 10.1. The van der Waals surface area contributed by atoms with Gasteiger partial charge >= 0.3 is 5.97 Å². The van der Waals surface area contributed by atoms with Gasteiger partial charge in [0.25, 0.3) is 5.91 Å². The molecular weight excluding hydrogens is 431 g/mol. The number of carbonyl (C=O) groups is 2. The third kappa shape index (κ3) is 4.73. The fourth-order valence-electron chi connectivity index (χ4n) is 2.14. The van der Waals surface area contributed by atoms with E-state index < -0.39 is 29.6 Å². The molecule has 0 heterocycles. The van der Waals surface area contributed by atoms with Crippen LogP contribution in [0.2, 0.25) is 0 Å². The van der Waals surface area contributed by atoms with Crippen LogP contribution in [0.15, 0.2) is 42.5 Å². The monoisotopic (exact) mass is 445 g/mol. The predicted molar refractivity (Wildman–Crippen MR) is 92.5 cm³/mol. The molecule has 0 aliphatic rings. The fraction of sp³-hybridized carbons (Fsp3) is 0.176. The van der Waals surface area contributed by atoms with Gasteiger partial charge in [-0.25, -0.2) is 13.6 Å². The quantitative estimate of drug-likeness (QED) is 0.569. The Bertz CT molecular complexity index is 767. The van der Waals surface area contributed by atoms with Crippen LogP contribution in [0.1, 0.15) is 15.9 Å². The van der Waals surface area contributed by atoms with Crippen molar-refractivity contribution in [1.82, 2.24) is 5.32 Å². The molecule has 2 rings (SSSR count). The Labute approximate surface area is 151 Å². The first-order valence-electron chi connectivity index (χ1n) is 6.99. The Morgan fingerprint density at radius 1 is 1.21 bits per heavy atom. The number of ether oxygens (including phenoxy) is 1. The summed E-state index contributed by atoms with van der Waals surface area (Å²) >= 11 is 2.13. The van der Waals surface area contributed by atoms with Gasteiger partial charge < -0.3 is 10.1 Å². The number of methoxy groups -OCH3 is 1. The molecule has 1 atom stereocenters. The molecule has 0 saturated heterocycles. The van der Waals surface area contributed by atoms with Gasteiger partial charge in [-0.2, -0.15) is 0 Å². The number of benzene rings is 2. The van der Waals surface area contributed by atoms with Crippen molar-refractivity contribution < 1.29 is 23.1 Å². The standard InChI is InChI=1S/C17H14F2INO3/c1-24-17(23)15(8-10-3-2-4-12(20)7-10)21-16(22)13-6-5-11(18)9-14(13)19/h2-7,9,15H,8H2,1H3,(H,21,22)/t15-/m0/s1. The molecule has 0 bridgehead atoms. The van der Waals surface area contributed by atoms with E-state index in [2.05, 4.69) is 27.9 Å². The second kappa shape index (κ2) is 8.18. The minimum Gasteiger partial charge on any atom is -0.467 e. The summed E-state index contributed by atoms with van der Waals surface area (Å²) in [4.78, 5) is 24.1. The number of nitrogens with one attached hydrogen (secondary N) is 1. The minimum atomic E-state index is -0.995. The van der Waals surface area contributed by atoms with Crippen molar-refractivity contribution in [2.24, 2.45) is 0 Å². The molecule has 0 spiro atoms. The summed E-state index contributed by atoms with van der Waals surface area (Å²) in [5, 5.41) is 2.43. The first-order valence-corrected chi connectivity index (χ1v) is 8.06. The van der Waals surface area contributed by atoms with Crippen molar-refractivity contribution in [2.45, 2.75) is 12.5 Å². The number of hydrogen-bond donors (Lipinski definition) is 1. The molecule has 2 aromatic rings. The van der Waals surface area contributed by atoms with Crippen molar-refractivity contribution in [3.8, 4) is 0 Å². The normalized spacial score (nSPS) is 11.7. The molecule has 1 N–H and O–H groups in total. The highest BCUT2D eigenvalue weighted by Crippen LogP contribution is 2.13. The van der Waals surface area contributed by atoms with Crippen molar-refractivity contribution in [3.63, 3.8) is 0 Å². The Hall–Kier alpha value is -2.03. The molecule has 7 heteroatoms. The van der Waals surface area contributed by atoms with Crippen LogP contribution in [-0.4, -0.2) is 25.0 Å². The van der Waals surface area contributed by atoms with Gasteiger partial charge in [0.2, 0.25) is 0 Å². The molecule has 0 aliphatic carbocycles. The van der Waals surface area contributed by atoms with Crippen molar-refractivity contribution in [1.29, 1.82) is 0 Å². The van der Waals surface area contributed by atoms with Gasteiger partial charge in [0.05, 0.1) is 12.7 Å². The third-order valence-electron chi connectivity index (χ3n) is 3.30. The summed E-state index contributed by atoms with van der Waals surface area (Å²) in [6.45, 7) is 0. The van der Waals surface area contributed by atoms with Gasteiger partial charge in [-0.1, -0.05) is 12.1 Å². The molecule has 0 aromatic heterocycles. The van der Waals surface area contributed by atoms with Crippen molar-refractivity contribution in [3.05, 3.63) is 68.8 Å². The van der Waals surface area contributed by atoms with Gasteiger partial charge in [0, 0.05) is 16.1 Å². The molecule has 24 heavy (non-hydrogen) atoms. The lowest BCUT2D eigenvalue weighted by Crippen LogP contribution is -2.43. The van der Waals surface area contributed by atoms with Gasteiger partial charge in [-0.3, -0.25) is 4.79 Å². The van der Waals surface area contributed by atoms with Crippen LogP contribution >= 0.6 is 22.6 Å². The van der Waals surface area contributed by atoms with Crippen molar-refractivity contribution in [2.75, 3.05) is 7.11 Å². The summed E-state index contributed by atoms with van der Waals surface area (Å²) in [6.07, 6.45) is 0.193. The van der Waals surface area contributed by atoms with Gasteiger partial charge in [0.1, 0.15) is 17.7 Å². The highest BCUT2D eigenvalue weighted by molar-refractivity contribution is 14.1. The predicted octanol–water partition coefficient (Wildman–Crippen LogP) is 3.08. The topological polar surface area (TPSA) is 55.4 Å². The highest BCUT2D eigenvalue weighted by Gasteiger charge is 2.24. The van der Waals surface area contributed by atoms with E-state index in [9.17, 15) is 18.4 Å². The van der Waals surface area contributed by atoms with E-state index in [0.717, 1.165) is 21.3 Å². The number of halogens is 3. The lowest BCUT2D eigenvalue weighted by molar-refractivity contribution is -0.142. The zero-order valence-electron chi connectivity index (χ0n) is 12.7. The van der Waals surface area contributed by atoms with E-state index in [0.29, 0.717) is 6.07 Å². The van der Waals surface area contributed by atoms with E-state index >= 15 is 0 Å². The molecule has 0 saturated carbocycles. The molecular formula is C17H14F2INO3. The second-order valence-electron chi connectivity index (χ2n) is 5.01. The molecule has 0 unspecified atom stereocenters. The Morgan fingerprint density at radius 3 is 2.58 bits per heavy atom. The van der Waals surface area contributed by atoms with Crippen LogP contribution in [0.3, 0.4) is 0 Å². The Balaban J connectivity index is 2.19. The number of hydrogen-bond acceptors (Lipinski definition) is 3. The van der Waals surface area contributed by atoms with E-state index in [1.807, 2.05) is 24.3 Å². The lowest BCUT2D eigenvalue weighted by Gasteiger charge is -2.17. The zero-order chi connectivity index (χ0) is 17.7. The minimum absolute atomic E-state index is 0.193. The summed E-state index contributed by atoms with van der Waals surface area (Å²) in [5.74, 6) is -3.24. The van der Waals surface area contributed by atoms with Crippen LogP contribution in [0, 0.1) is 15.2 Å². The van der Waals surface area contributed by atoms with E-state index in [1.54, 1.807) is 0 Å². The average molecular weight is 445 g/mol. The maximum atomic E-state index is 13.7. The van der Waals surface area contributed by atoms with Crippen LogP contribution < -0.4 is 5.32 Å². The Morgan fingerprint density at radius 2 is 1.96 bits per heavy atom. The highest BCUT2D eigenvalue weighted by atomic mass is 127. The molecule has 1 amide bonds. The first kappa shape index (κ1) is 18.3. The van der Waals surface area contributed by atoms with Crippen LogP contribution in [0.25, 0.3) is 0 Å². The van der Waals surface area contributed by atoms with Crippen LogP contribution in [0.4, 0.5) is 8.78 Å². The SMILES string of the molecule is COC(=O)[C@H](Cc1cccc(I)c1)NC(=O)c1ccc(F)cc1F. The number of esters is 1. The maximum Gasteiger partial charge on any atom is 0.328 e. The maximum absolute atomic E-state index is 13.7. The molecule has 126 valence electrons. The summed E-state index contributed by atoms with van der Waals surface area (Å²) < 4.78 is 32.3. The largest absolute Gasteiger partial charge is 0.467 e. The third-order valence-corrected chi connectivity index (χ3v) is 3.97. The fourth-order valence-corrected chi connectivity index (χ4v) is 2.75. The van der Waals surface area contributed by atoms with E-state index in [-0.39, 0.29) is 12.0 Å². The van der Waals surface area contributed by atoms with Crippen molar-refractivity contribution >= 4 is 34.5 Å². The van der Waals surface area contributed by atoms with Crippen LogP contribution in [0.5, 0.6) is 0 Å². The van der Waals surface area contributed by atoms with Gasteiger partial charge in [-0.05, 0) is 52.4 Å². The molecule has 0 fully saturated rings. The molecule has 0 aliphatic heterocycles. The smallest absolute Gasteiger partial charge is 0.328 e.